The zero-order valence-electron chi connectivity index (χ0n) is 14.9. The Labute approximate surface area is 157 Å². The van der Waals surface area contributed by atoms with Gasteiger partial charge in [-0.05, 0) is 50.8 Å². The normalized spacial score (nSPS) is 16.8. The van der Waals surface area contributed by atoms with Crippen LogP contribution in [0.1, 0.15) is 51.4 Å². The molecule has 1 aliphatic rings. The Bertz CT molecular complexity index is 493. The van der Waals surface area contributed by atoms with Gasteiger partial charge in [-0.1, -0.05) is 25.0 Å². The lowest BCUT2D eigenvalue weighted by atomic mass is 10.1. The largest absolute Gasteiger partial charge is 0.489 e. The van der Waals surface area contributed by atoms with Gasteiger partial charge < -0.3 is 20.5 Å². The summed E-state index contributed by atoms with van der Waals surface area (Å²) in [5, 5.41) is 2.96. The SMILES string of the molecule is Cl.NCCCCCCC(=O)Nc1ccccc1OCC1CCCCO1. The molecule has 6 heteroatoms. The maximum Gasteiger partial charge on any atom is 0.224 e. The molecule has 1 aromatic carbocycles. The van der Waals surface area contributed by atoms with Crippen molar-refractivity contribution >= 4 is 24.0 Å². The van der Waals surface area contributed by atoms with Gasteiger partial charge in [-0.15, -0.1) is 12.4 Å². The number of ether oxygens (including phenoxy) is 2. The summed E-state index contributed by atoms with van der Waals surface area (Å²) in [6.07, 6.45) is 8.11. The van der Waals surface area contributed by atoms with Gasteiger partial charge in [0.1, 0.15) is 12.4 Å². The summed E-state index contributed by atoms with van der Waals surface area (Å²) in [5.74, 6) is 0.746. The van der Waals surface area contributed by atoms with Crippen LogP contribution in [0.5, 0.6) is 5.75 Å². The van der Waals surface area contributed by atoms with E-state index in [1.165, 1.54) is 6.42 Å². The number of carbonyl (C=O) groups excluding carboxylic acids is 1. The zero-order chi connectivity index (χ0) is 17.0. The number of unbranched alkanes of at least 4 members (excludes halogenated alkanes) is 3. The Morgan fingerprint density at radius 1 is 1.20 bits per heavy atom. The molecule has 0 aliphatic carbocycles. The van der Waals surface area contributed by atoms with E-state index in [9.17, 15) is 4.79 Å². The highest BCUT2D eigenvalue weighted by molar-refractivity contribution is 5.92. The molecule has 1 unspecified atom stereocenters. The fraction of sp³-hybridized carbons (Fsp3) is 0.632. The van der Waals surface area contributed by atoms with Crippen molar-refractivity contribution in [2.24, 2.45) is 5.73 Å². The molecule has 1 amide bonds. The molecule has 0 bridgehead atoms. The van der Waals surface area contributed by atoms with Crippen LogP contribution in [0.4, 0.5) is 5.69 Å². The zero-order valence-corrected chi connectivity index (χ0v) is 15.7. The first-order chi connectivity index (χ1) is 11.8. The van der Waals surface area contributed by atoms with Crippen molar-refractivity contribution in [2.75, 3.05) is 25.1 Å². The van der Waals surface area contributed by atoms with Gasteiger partial charge in [0, 0.05) is 13.0 Å². The molecule has 1 heterocycles. The Morgan fingerprint density at radius 3 is 2.76 bits per heavy atom. The minimum Gasteiger partial charge on any atom is -0.489 e. The predicted molar refractivity (Wildman–Crippen MR) is 104 cm³/mol. The van der Waals surface area contributed by atoms with E-state index in [0.717, 1.165) is 57.4 Å². The van der Waals surface area contributed by atoms with Gasteiger partial charge in [-0.3, -0.25) is 4.79 Å². The number of rotatable bonds is 10. The van der Waals surface area contributed by atoms with Gasteiger partial charge in [-0.25, -0.2) is 0 Å². The summed E-state index contributed by atoms with van der Waals surface area (Å²) >= 11 is 0. The van der Waals surface area contributed by atoms with Crippen molar-refractivity contribution in [1.29, 1.82) is 0 Å². The Morgan fingerprint density at radius 2 is 2.00 bits per heavy atom. The Kier molecular flexibility index (Phi) is 11.3. The summed E-state index contributed by atoms with van der Waals surface area (Å²) < 4.78 is 11.6. The Balaban J connectivity index is 0.00000312. The smallest absolute Gasteiger partial charge is 0.224 e. The second-order valence-corrected chi connectivity index (χ2v) is 6.30. The maximum atomic E-state index is 12.1. The van der Waals surface area contributed by atoms with E-state index in [2.05, 4.69) is 5.32 Å². The fourth-order valence-electron chi connectivity index (χ4n) is 2.81. The quantitative estimate of drug-likeness (QED) is 0.612. The average Bonchev–Trinajstić information content (AvgIpc) is 2.62. The van der Waals surface area contributed by atoms with Crippen LogP contribution in [-0.4, -0.2) is 31.8 Å². The first-order valence-corrected chi connectivity index (χ1v) is 9.13. The average molecular weight is 371 g/mol. The predicted octanol–water partition coefficient (Wildman–Crippen LogP) is 3.90. The second-order valence-electron chi connectivity index (χ2n) is 6.30. The molecule has 3 N–H and O–H groups in total. The fourth-order valence-corrected chi connectivity index (χ4v) is 2.81. The summed E-state index contributed by atoms with van der Waals surface area (Å²) in [4.78, 5) is 12.1. The molecule has 0 saturated carbocycles. The van der Waals surface area contributed by atoms with E-state index in [0.29, 0.717) is 18.8 Å². The third-order valence-electron chi connectivity index (χ3n) is 4.22. The van der Waals surface area contributed by atoms with E-state index in [1.807, 2.05) is 24.3 Å². The van der Waals surface area contributed by atoms with Crippen LogP contribution in [0.25, 0.3) is 0 Å². The molecule has 0 aromatic heterocycles. The Hall–Kier alpha value is -1.30. The highest BCUT2D eigenvalue weighted by Crippen LogP contribution is 2.25. The topological polar surface area (TPSA) is 73.6 Å². The highest BCUT2D eigenvalue weighted by Gasteiger charge is 2.15. The minimum absolute atomic E-state index is 0. The number of hydrogen-bond donors (Lipinski definition) is 2. The summed E-state index contributed by atoms with van der Waals surface area (Å²) in [7, 11) is 0. The summed E-state index contributed by atoms with van der Waals surface area (Å²) in [5.41, 5.74) is 6.21. The molecular formula is C19H31ClN2O3. The molecule has 2 rings (SSSR count). The number of para-hydroxylation sites is 2. The number of hydrogen-bond acceptors (Lipinski definition) is 4. The number of nitrogens with one attached hydrogen (secondary N) is 1. The highest BCUT2D eigenvalue weighted by atomic mass is 35.5. The van der Waals surface area contributed by atoms with Crippen molar-refractivity contribution in [3.05, 3.63) is 24.3 Å². The summed E-state index contributed by atoms with van der Waals surface area (Å²) in [6, 6.07) is 7.59. The van der Waals surface area contributed by atoms with Gasteiger partial charge in [0.05, 0.1) is 11.8 Å². The molecule has 1 atom stereocenters. The van der Waals surface area contributed by atoms with E-state index < -0.39 is 0 Å². The van der Waals surface area contributed by atoms with Crippen LogP contribution in [0, 0.1) is 0 Å². The van der Waals surface area contributed by atoms with Gasteiger partial charge >= 0.3 is 0 Å². The van der Waals surface area contributed by atoms with Crippen molar-refractivity contribution in [3.63, 3.8) is 0 Å². The van der Waals surface area contributed by atoms with Crippen molar-refractivity contribution in [3.8, 4) is 5.75 Å². The first kappa shape index (κ1) is 21.7. The van der Waals surface area contributed by atoms with Gasteiger partial charge in [0.25, 0.3) is 0 Å². The van der Waals surface area contributed by atoms with Crippen LogP contribution >= 0.6 is 12.4 Å². The molecule has 1 aromatic rings. The molecule has 142 valence electrons. The minimum atomic E-state index is 0. The van der Waals surface area contributed by atoms with E-state index in [1.54, 1.807) is 0 Å². The van der Waals surface area contributed by atoms with Gasteiger partial charge in [0.15, 0.2) is 0 Å². The molecule has 25 heavy (non-hydrogen) atoms. The molecule has 1 saturated heterocycles. The van der Waals surface area contributed by atoms with Gasteiger partial charge in [-0.2, -0.15) is 0 Å². The van der Waals surface area contributed by atoms with Crippen LogP contribution in [0.3, 0.4) is 0 Å². The van der Waals surface area contributed by atoms with Crippen molar-refractivity contribution in [2.45, 2.75) is 57.5 Å². The second kappa shape index (κ2) is 13.0. The lowest BCUT2D eigenvalue weighted by Gasteiger charge is -2.23. The third-order valence-corrected chi connectivity index (χ3v) is 4.22. The molecule has 1 aliphatic heterocycles. The summed E-state index contributed by atoms with van der Waals surface area (Å²) in [6.45, 7) is 2.07. The van der Waals surface area contributed by atoms with Crippen LogP contribution < -0.4 is 15.8 Å². The van der Waals surface area contributed by atoms with E-state index in [4.69, 9.17) is 15.2 Å². The molecular weight excluding hydrogens is 340 g/mol. The van der Waals surface area contributed by atoms with Crippen molar-refractivity contribution < 1.29 is 14.3 Å². The maximum absolute atomic E-state index is 12.1. The number of benzene rings is 1. The van der Waals surface area contributed by atoms with Crippen LogP contribution in [0.2, 0.25) is 0 Å². The number of anilines is 1. The number of carbonyl (C=O) groups is 1. The lowest BCUT2D eigenvalue weighted by molar-refractivity contribution is -0.116. The van der Waals surface area contributed by atoms with Crippen molar-refractivity contribution in [1.82, 2.24) is 0 Å². The number of halogens is 1. The molecule has 5 nitrogen and oxygen atoms in total. The lowest BCUT2D eigenvalue weighted by Crippen LogP contribution is -2.26. The number of amides is 1. The van der Waals surface area contributed by atoms with E-state index in [-0.39, 0.29) is 24.4 Å². The van der Waals surface area contributed by atoms with E-state index >= 15 is 0 Å². The monoisotopic (exact) mass is 370 g/mol. The molecule has 1 fully saturated rings. The van der Waals surface area contributed by atoms with Crippen LogP contribution in [0.15, 0.2) is 24.3 Å². The molecule has 0 radical (unpaired) electrons. The standard InChI is InChI=1S/C19H30N2O3.ClH/c20-13-7-2-1-3-12-19(22)21-17-10-4-5-11-18(17)24-15-16-9-6-8-14-23-16;/h4-5,10-11,16H,1-3,6-9,12-15,20H2,(H,21,22);1H. The third kappa shape index (κ3) is 8.56. The first-order valence-electron chi connectivity index (χ1n) is 9.13. The number of nitrogens with two attached hydrogens (primary N) is 1. The van der Waals surface area contributed by atoms with Crippen LogP contribution in [-0.2, 0) is 9.53 Å². The van der Waals surface area contributed by atoms with Gasteiger partial charge in [0.2, 0.25) is 5.91 Å². The molecule has 0 spiro atoms.